The van der Waals surface area contributed by atoms with Gasteiger partial charge in [-0.15, -0.1) is 0 Å². The Kier molecular flexibility index (Phi) is 8.94. The zero-order valence-electron chi connectivity index (χ0n) is 15.8. The van der Waals surface area contributed by atoms with Crippen molar-refractivity contribution in [1.29, 1.82) is 0 Å². The van der Waals surface area contributed by atoms with Gasteiger partial charge in [-0.05, 0) is 24.6 Å². The van der Waals surface area contributed by atoms with E-state index in [0.717, 1.165) is 29.1 Å². The van der Waals surface area contributed by atoms with Crippen molar-refractivity contribution in [2.75, 3.05) is 26.0 Å². The molecule has 0 spiro atoms. The molecule has 1 aromatic carbocycles. The quantitative estimate of drug-likeness (QED) is 0.331. The second kappa shape index (κ2) is 11.2. The van der Waals surface area contributed by atoms with Crippen LogP contribution in [0.5, 0.6) is 0 Å². The average molecular weight is 471 g/mol. The summed E-state index contributed by atoms with van der Waals surface area (Å²) in [5, 5.41) is 5.78. The van der Waals surface area contributed by atoms with Gasteiger partial charge < -0.3 is 10.1 Å². The van der Waals surface area contributed by atoms with E-state index in [4.69, 9.17) is 4.74 Å². The number of methoxy groups -OCH3 is 1. The number of rotatable bonds is 9. The minimum atomic E-state index is -0.521. The molecule has 0 bridgehead atoms. The fourth-order valence-corrected chi connectivity index (χ4v) is 3.56. The van der Waals surface area contributed by atoms with E-state index in [2.05, 4.69) is 31.5 Å². The molecule has 0 aliphatic carbocycles. The number of amides is 3. The molecule has 0 saturated heterocycles. The summed E-state index contributed by atoms with van der Waals surface area (Å²) in [6.45, 7) is 3.17. The summed E-state index contributed by atoms with van der Waals surface area (Å²) < 4.78 is 7.35. The van der Waals surface area contributed by atoms with Crippen molar-refractivity contribution in [3.63, 3.8) is 0 Å². The van der Waals surface area contributed by atoms with Crippen LogP contribution in [0.15, 0.2) is 32.6 Å². The smallest absolute Gasteiger partial charge is 0.321 e. The number of unbranched alkanes of at least 4 members (excludes halogenated alkanes) is 1. The number of fused-ring (bicyclic) bond motifs is 1. The van der Waals surface area contributed by atoms with Crippen LogP contribution in [-0.4, -0.2) is 47.5 Å². The van der Waals surface area contributed by atoms with Crippen LogP contribution in [0.2, 0.25) is 0 Å². The number of benzene rings is 1. The van der Waals surface area contributed by atoms with Crippen LogP contribution < -0.4 is 16.2 Å². The second-order valence-corrected chi connectivity index (χ2v) is 7.81. The van der Waals surface area contributed by atoms with Crippen LogP contribution in [0.3, 0.4) is 0 Å². The molecule has 2 rings (SSSR count). The third-order valence-corrected chi connectivity index (χ3v) is 5.27. The third kappa shape index (κ3) is 6.32. The molecule has 0 aliphatic heterocycles. The molecule has 10 heteroatoms. The number of hydrogen-bond donors (Lipinski definition) is 2. The number of ether oxygens (including phenoxy) is 1. The summed E-state index contributed by atoms with van der Waals surface area (Å²) in [5.74, 6) is -0.495. The first-order valence-corrected chi connectivity index (χ1v) is 10.6. The first-order chi connectivity index (χ1) is 13.5. The lowest BCUT2D eigenvalue weighted by molar-refractivity contribution is -0.117. The molecule has 0 radical (unpaired) electrons. The summed E-state index contributed by atoms with van der Waals surface area (Å²) in [6, 6.07) is 4.74. The number of thioether (sulfide) groups is 1. The second-order valence-electron chi connectivity index (χ2n) is 5.95. The number of urea groups is 1. The Morgan fingerprint density at radius 3 is 2.86 bits per heavy atom. The van der Waals surface area contributed by atoms with Crippen LogP contribution in [-0.2, 0) is 16.1 Å². The van der Waals surface area contributed by atoms with Gasteiger partial charge >= 0.3 is 6.03 Å². The number of carbonyl (C=O) groups is 2. The Balaban J connectivity index is 2.14. The van der Waals surface area contributed by atoms with Crippen molar-refractivity contribution in [2.24, 2.45) is 0 Å². The molecule has 2 N–H and O–H groups in total. The molecule has 0 aliphatic rings. The van der Waals surface area contributed by atoms with Gasteiger partial charge in [0, 0.05) is 18.1 Å². The van der Waals surface area contributed by atoms with Crippen molar-refractivity contribution in [2.45, 2.75) is 31.5 Å². The lowest BCUT2D eigenvalue weighted by atomic mass is 10.2. The van der Waals surface area contributed by atoms with Gasteiger partial charge in [-0.25, -0.2) is 9.78 Å². The highest BCUT2D eigenvalue weighted by atomic mass is 79.9. The van der Waals surface area contributed by atoms with Gasteiger partial charge in [-0.1, -0.05) is 41.0 Å². The number of nitrogens with zero attached hydrogens (tertiary/aromatic N) is 2. The van der Waals surface area contributed by atoms with Gasteiger partial charge in [0.05, 0.1) is 29.8 Å². The Bertz CT molecular complexity index is 903. The maximum absolute atomic E-state index is 12.8. The van der Waals surface area contributed by atoms with Crippen LogP contribution in [0.25, 0.3) is 10.9 Å². The number of aromatic nitrogens is 2. The largest absolute Gasteiger partial charge is 0.383 e. The topological polar surface area (TPSA) is 102 Å². The van der Waals surface area contributed by atoms with E-state index in [9.17, 15) is 14.4 Å². The zero-order chi connectivity index (χ0) is 20.5. The molecular weight excluding hydrogens is 448 g/mol. The van der Waals surface area contributed by atoms with E-state index in [1.165, 1.54) is 4.57 Å². The maximum Gasteiger partial charge on any atom is 0.321 e. The number of imide groups is 1. The van der Waals surface area contributed by atoms with E-state index in [1.54, 1.807) is 25.3 Å². The summed E-state index contributed by atoms with van der Waals surface area (Å²) in [5.41, 5.74) is 0.339. The maximum atomic E-state index is 12.8. The molecule has 1 heterocycles. The van der Waals surface area contributed by atoms with Crippen LogP contribution in [0, 0.1) is 0 Å². The zero-order valence-corrected chi connectivity index (χ0v) is 18.2. The monoisotopic (exact) mass is 470 g/mol. The van der Waals surface area contributed by atoms with E-state index in [1.807, 2.05) is 6.92 Å². The van der Waals surface area contributed by atoms with Crippen molar-refractivity contribution < 1.29 is 14.3 Å². The third-order valence-electron chi connectivity index (χ3n) is 3.80. The van der Waals surface area contributed by atoms with E-state index in [-0.39, 0.29) is 11.3 Å². The number of hydrogen-bond acceptors (Lipinski definition) is 6. The summed E-state index contributed by atoms with van der Waals surface area (Å²) in [7, 11) is 1.55. The fourth-order valence-electron chi connectivity index (χ4n) is 2.38. The highest BCUT2D eigenvalue weighted by molar-refractivity contribution is 9.10. The van der Waals surface area contributed by atoms with E-state index >= 15 is 0 Å². The standard InChI is InChI=1S/C18H23BrN4O4S/c1-3-4-7-20-17(26)22-15(24)11-28-18-21-14-6-5-12(19)10-13(14)16(25)23(18)8-9-27-2/h5-6,10H,3-4,7-9,11H2,1-2H3,(H2,20,22,24,26). The lowest BCUT2D eigenvalue weighted by Crippen LogP contribution is -2.40. The first-order valence-electron chi connectivity index (χ1n) is 8.85. The highest BCUT2D eigenvalue weighted by Gasteiger charge is 2.14. The van der Waals surface area contributed by atoms with Crippen LogP contribution in [0.1, 0.15) is 19.8 Å². The van der Waals surface area contributed by atoms with Gasteiger partial charge in [-0.2, -0.15) is 0 Å². The lowest BCUT2D eigenvalue weighted by Gasteiger charge is -2.13. The molecule has 0 fully saturated rings. The summed E-state index contributed by atoms with van der Waals surface area (Å²) in [4.78, 5) is 41.1. The molecule has 0 unspecified atom stereocenters. The number of nitrogens with one attached hydrogen (secondary N) is 2. The van der Waals surface area contributed by atoms with Crippen molar-refractivity contribution in [1.82, 2.24) is 20.2 Å². The predicted molar refractivity (Wildman–Crippen MR) is 113 cm³/mol. The Morgan fingerprint density at radius 2 is 2.14 bits per heavy atom. The van der Waals surface area contributed by atoms with Gasteiger partial charge in [-0.3, -0.25) is 19.5 Å². The van der Waals surface area contributed by atoms with Crippen molar-refractivity contribution >= 4 is 50.5 Å². The fraction of sp³-hybridized carbons (Fsp3) is 0.444. The number of halogens is 1. The minimum absolute atomic E-state index is 0.0390. The van der Waals surface area contributed by atoms with Gasteiger partial charge in [0.25, 0.3) is 5.56 Å². The Morgan fingerprint density at radius 1 is 1.36 bits per heavy atom. The van der Waals surface area contributed by atoms with Gasteiger partial charge in [0.15, 0.2) is 5.16 Å². The normalized spacial score (nSPS) is 10.8. The summed E-state index contributed by atoms with van der Waals surface area (Å²) in [6.07, 6.45) is 1.80. The predicted octanol–water partition coefficient (Wildman–Crippen LogP) is 2.52. The average Bonchev–Trinajstić information content (AvgIpc) is 2.66. The Hall–Kier alpha value is -1.91. The van der Waals surface area contributed by atoms with Crippen LogP contribution >= 0.6 is 27.7 Å². The van der Waals surface area contributed by atoms with E-state index in [0.29, 0.717) is 35.8 Å². The molecule has 3 amide bonds. The molecule has 0 saturated carbocycles. The molecule has 2 aromatic rings. The molecule has 152 valence electrons. The Labute approximate surface area is 175 Å². The first kappa shape index (κ1) is 22.4. The molecule has 0 atom stereocenters. The molecule has 8 nitrogen and oxygen atoms in total. The molecule has 28 heavy (non-hydrogen) atoms. The van der Waals surface area contributed by atoms with E-state index < -0.39 is 11.9 Å². The molecule has 1 aromatic heterocycles. The van der Waals surface area contributed by atoms with Crippen LogP contribution in [0.4, 0.5) is 4.79 Å². The minimum Gasteiger partial charge on any atom is -0.383 e. The highest BCUT2D eigenvalue weighted by Crippen LogP contribution is 2.20. The van der Waals surface area contributed by atoms with Crippen molar-refractivity contribution in [3.8, 4) is 0 Å². The van der Waals surface area contributed by atoms with Gasteiger partial charge in [0.1, 0.15) is 0 Å². The number of carbonyl (C=O) groups excluding carboxylic acids is 2. The summed E-state index contributed by atoms with van der Waals surface area (Å²) >= 11 is 4.46. The van der Waals surface area contributed by atoms with Crippen molar-refractivity contribution in [3.05, 3.63) is 33.0 Å². The molecular formula is C18H23BrN4O4S. The van der Waals surface area contributed by atoms with Gasteiger partial charge in [0.2, 0.25) is 5.91 Å². The SMILES string of the molecule is CCCCNC(=O)NC(=O)CSc1nc2ccc(Br)cc2c(=O)n1CCOC.